The van der Waals surface area contributed by atoms with Crippen molar-refractivity contribution in [3.63, 3.8) is 0 Å². The predicted octanol–water partition coefficient (Wildman–Crippen LogP) is 3.28. The molecule has 2 aliphatic rings. The largest absolute Gasteiger partial charge is 0.370 e. The van der Waals surface area contributed by atoms with Crippen molar-refractivity contribution in [2.24, 2.45) is 5.92 Å². The number of fused-ring (bicyclic) bond motifs is 1. The maximum absolute atomic E-state index is 5.56. The van der Waals surface area contributed by atoms with Crippen LogP contribution in [0.5, 0.6) is 0 Å². The summed E-state index contributed by atoms with van der Waals surface area (Å²) in [5.41, 5.74) is 0. The van der Waals surface area contributed by atoms with E-state index in [4.69, 9.17) is 4.74 Å². The topological polar surface area (TPSA) is 12.5 Å². The lowest BCUT2D eigenvalue weighted by atomic mass is 9.88. The van der Waals surface area contributed by atoms with Crippen molar-refractivity contribution in [2.75, 3.05) is 0 Å². The standard InChI is InChI=1S/C12H22OSi/c1-2-3-7-14-8-6-10-4-5-11-12(9-10)13-11/h10-12H,2-9H2,1H3. The van der Waals surface area contributed by atoms with Crippen LogP contribution in [0.15, 0.2) is 0 Å². The van der Waals surface area contributed by atoms with Gasteiger partial charge in [-0.15, -0.1) is 0 Å². The molecular weight excluding hydrogens is 188 g/mol. The summed E-state index contributed by atoms with van der Waals surface area (Å²) in [6.07, 6.45) is 9.84. The van der Waals surface area contributed by atoms with E-state index in [1.807, 2.05) is 0 Å². The number of hydrogen-bond acceptors (Lipinski definition) is 1. The van der Waals surface area contributed by atoms with Crippen LogP contribution >= 0.6 is 0 Å². The minimum atomic E-state index is 0.688. The second-order valence-electron chi connectivity index (χ2n) is 4.78. The molecule has 80 valence electrons. The average Bonchev–Trinajstić information content (AvgIpc) is 2.95. The van der Waals surface area contributed by atoms with Crippen LogP contribution in [-0.2, 0) is 4.74 Å². The van der Waals surface area contributed by atoms with Gasteiger partial charge in [-0.05, 0) is 25.2 Å². The summed E-state index contributed by atoms with van der Waals surface area (Å²) in [7, 11) is 1.23. The lowest BCUT2D eigenvalue weighted by Crippen LogP contribution is -2.13. The summed E-state index contributed by atoms with van der Waals surface area (Å²) in [5.74, 6) is 1.01. The van der Waals surface area contributed by atoms with Crippen molar-refractivity contribution in [2.45, 2.75) is 69.7 Å². The van der Waals surface area contributed by atoms with Crippen LogP contribution in [0.2, 0.25) is 12.1 Å². The van der Waals surface area contributed by atoms with Gasteiger partial charge in [0, 0.05) is 9.52 Å². The van der Waals surface area contributed by atoms with Crippen molar-refractivity contribution in [1.82, 2.24) is 0 Å². The van der Waals surface area contributed by atoms with Gasteiger partial charge in [-0.1, -0.05) is 38.3 Å². The zero-order valence-corrected chi connectivity index (χ0v) is 10.3. The molecule has 2 heteroatoms. The first-order valence-electron chi connectivity index (χ1n) is 6.26. The predicted molar refractivity (Wildman–Crippen MR) is 60.9 cm³/mol. The van der Waals surface area contributed by atoms with Gasteiger partial charge in [0.15, 0.2) is 0 Å². The van der Waals surface area contributed by atoms with Crippen molar-refractivity contribution in [1.29, 1.82) is 0 Å². The third-order valence-electron chi connectivity index (χ3n) is 3.55. The van der Waals surface area contributed by atoms with Crippen LogP contribution in [-0.4, -0.2) is 21.7 Å². The van der Waals surface area contributed by atoms with Gasteiger partial charge in [-0.3, -0.25) is 0 Å². The molecule has 14 heavy (non-hydrogen) atoms. The molecule has 0 aromatic carbocycles. The molecule has 0 aromatic rings. The van der Waals surface area contributed by atoms with Crippen LogP contribution in [0, 0.1) is 5.92 Å². The van der Waals surface area contributed by atoms with E-state index in [0.717, 1.165) is 5.92 Å². The van der Waals surface area contributed by atoms with Crippen molar-refractivity contribution < 1.29 is 4.74 Å². The first kappa shape index (κ1) is 10.7. The highest BCUT2D eigenvalue weighted by atomic mass is 28.2. The zero-order valence-electron chi connectivity index (χ0n) is 9.30. The van der Waals surface area contributed by atoms with Crippen LogP contribution in [0.4, 0.5) is 0 Å². The van der Waals surface area contributed by atoms with Gasteiger partial charge in [0.2, 0.25) is 0 Å². The molecule has 1 aliphatic heterocycles. The van der Waals surface area contributed by atoms with Crippen LogP contribution in [0.1, 0.15) is 45.4 Å². The molecule has 3 unspecified atom stereocenters. The third kappa shape index (κ3) is 3.09. The molecule has 1 saturated heterocycles. The molecule has 1 saturated carbocycles. The van der Waals surface area contributed by atoms with Crippen molar-refractivity contribution in [3.05, 3.63) is 0 Å². The number of rotatable bonds is 6. The Kier molecular flexibility index (Phi) is 4.06. The van der Waals surface area contributed by atoms with E-state index >= 15 is 0 Å². The number of ether oxygens (including phenoxy) is 1. The minimum Gasteiger partial charge on any atom is -0.370 e. The first-order valence-corrected chi connectivity index (χ1v) is 7.67. The Labute approximate surface area is 90.4 Å². The normalized spacial score (nSPS) is 35.4. The first-order chi connectivity index (χ1) is 6.90. The number of unbranched alkanes of at least 4 members (excludes halogenated alkanes) is 1. The Balaban J connectivity index is 1.48. The maximum atomic E-state index is 5.56. The fourth-order valence-electron chi connectivity index (χ4n) is 2.48. The molecule has 0 amide bonds. The molecule has 2 fully saturated rings. The van der Waals surface area contributed by atoms with Gasteiger partial charge >= 0.3 is 0 Å². The molecule has 3 atom stereocenters. The van der Waals surface area contributed by atoms with Gasteiger partial charge in [0.25, 0.3) is 0 Å². The lowest BCUT2D eigenvalue weighted by molar-refractivity contribution is 0.357. The van der Waals surface area contributed by atoms with Gasteiger partial charge in [-0.25, -0.2) is 0 Å². The molecular formula is C12H22OSi. The van der Waals surface area contributed by atoms with Gasteiger partial charge in [-0.2, -0.15) is 0 Å². The second kappa shape index (κ2) is 5.31. The molecule has 2 rings (SSSR count). The van der Waals surface area contributed by atoms with E-state index in [9.17, 15) is 0 Å². The molecule has 1 nitrogen and oxygen atoms in total. The van der Waals surface area contributed by atoms with E-state index in [2.05, 4.69) is 6.92 Å². The van der Waals surface area contributed by atoms with E-state index < -0.39 is 0 Å². The Morgan fingerprint density at radius 3 is 2.93 bits per heavy atom. The van der Waals surface area contributed by atoms with Gasteiger partial charge in [0.05, 0.1) is 12.2 Å². The van der Waals surface area contributed by atoms with E-state index in [0.29, 0.717) is 12.2 Å². The summed E-state index contributed by atoms with van der Waals surface area (Å²) in [6.45, 7) is 2.29. The zero-order chi connectivity index (χ0) is 9.80. The maximum Gasteiger partial charge on any atom is 0.0844 e. The SMILES string of the molecule is CCCC[Si]CCC1CCC2OC2C1. The highest BCUT2D eigenvalue weighted by Gasteiger charge is 2.43. The Morgan fingerprint density at radius 2 is 2.14 bits per heavy atom. The minimum absolute atomic E-state index is 0.688. The Morgan fingerprint density at radius 1 is 1.21 bits per heavy atom. The average molecular weight is 210 g/mol. The summed E-state index contributed by atoms with van der Waals surface area (Å²) in [5, 5.41) is 0. The molecule has 2 radical (unpaired) electrons. The Hall–Kier alpha value is 0.177. The molecule has 0 N–H and O–H groups in total. The smallest absolute Gasteiger partial charge is 0.0844 e. The molecule has 0 bridgehead atoms. The van der Waals surface area contributed by atoms with Crippen molar-refractivity contribution in [3.8, 4) is 0 Å². The summed E-state index contributed by atoms with van der Waals surface area (Å²) >= 11 is 0. The fraction of sp³-hybridized carbons (Fsp3) is 1.00. The molecule has 0 spiro atoms. The third-order valence-corrected chi connectivity index (χ3v) is 4.90. The van der Waals surface area contributed by atoms with E-state index in [1.165, 1.54) is 60.1 Å². The number of epoxide rings is 1. The fourth-order valence-corrected chi connectivity index (χ4v) is 3.95. The highest BCUT2D eigenvalue weighted by Crippen LogP contribution is 2.40. The van der Waals surface area contributed by atoms with Gasteiger partial charge < -0.3 is 4.74 Å². The lowest BCUT2D eigenvalue weighted by Gasteiger charge is -2.18. The molecule has 1 heterocycles. The molecule has 0 aromatic heterocycles. The monoisotopic (exact) mass is 210 g/mol. The Bertz CT molecular complexity index is 172. The van der Waals surface area contributed by atoms with Crippen LogP contribution in [0.25, 0.3) is 0 Å². The van der Waals surface area contributed by atoms with Crippen LogP contribution < -0.4 is 0 Å². The molecule has 1 aliphatic carbocycles. The summed E-state index contributed by atoms with van der Waals surface area (Å²) in [6, 6.07) is 2.97. The second-order valence-corrected chi connectivity index (χ2v) is 6.28. The van der Waals surface area contributed by atoms with Crippen molar-refractivity contribution >= 4 is 9.52 Å². The van der Waals surface area contributed by atoms with E-state index in [-0.39, 0.29) is 0 Å². The van der Waals surface area contributed by atoms with E-state index in [1.54, 1.807) is 0 Å². The van der Waals surface area contributed by atoms with Gasteiger partial charge in [0.1, 0.15) is 0 Å². The quantitative estimate of drug-likeness (QED) is 0.372. The highest BCUT2D eigenvalue weighted by molar-refractivity contribution is 6.35. The van der Waals surface area contributed by atoms with Crippen LogP contribution in [0.3, 0.4) is 0 Å². The summed E-state index contributed by atoms with van der Waals surface area (Å²) in [4.78, 5) is 0. The number of hydrogen-bond donors (Lipinski definition) is 0. The summed E-state index contributed by atoms with van der Waals surface area (Å²) < 4.78 is 5.56.